The fourth-order valence-electron chi connectivity index (χ4n) is 10.3. The first-order valence-corrected chi connectivity index (χ1v) is 24.1. The van der Waals surface area contributed by atoms with Gasteiger partial charge >= 0.3 is 0 Å². The van der Waals surface area contributed by atoms with E-state index in [0.29, 0.717) is 34.4 Å². The van der Waals surface area contributed by atoms with Gasteiger partial charge in [-0.05, 0) is 94.0 Å². The molecule has 3 aromatic heterocycles. The Hall–Kier alpha value is -10.7. The Labute approximate surface area is 426 Å². The molecule has 0 saturated heterocycles. The van der Waals surface area contributed by atoms with Crippen LogP contribution in [0, 0.1) is 24.5 Å². The van der Waals surface area contributed by atoms with Crippen molar-refractivity contribution in [3.05, 3.63) is 259 Å². The third kappa shape index (κ3) is 7.42. The van der Waals surface area contributed by atoms with Crippen LogP contribution in [0.1, 0.15) is 5.56 Å². The number of rotatable bonds is 8. The number of nitrogens with zero attached hydrogens (tertiary/aromatic N) is 8. The Morgan fingerprint density at radius 2 is 0.689 bits per heavy atom. The van der Waals surface area contributed by atoms with Crippen LogP contribution in [0.2, 0.25) is 0 Å². The van der Waals surface area contributed by atoms with Crippen LogP contribution < -0.4 is 0 Å². The van der Waals surface area contributed by atoms with Crippen LogP contribution in [0.15, 0.2) is 231 Å². The number of aromatic nitrogens is 5. The molecule has 0 radical (unpaired) electrons. The van der Waals surface area contributed by atoms with Gasteiger partial charge in [-0.15, -0.1) is 0 Å². The summed E-state index contributed by atoms with van der Waals surface area (Å²) in [4.78, 5) is 23.7. The third-order valence-electron chi connectivity index (χ3n) is 13.9. The van der Waals surface area contributed by atoms with Crippen molar-refractivity contribution < 1.29 is 0 Å². The van der Waals surface area contributed by atoms with Gasteiger partial charge in [0.1, 0.15) is 0 Å². The first kappa shape index (κ1) is 43.3. The number of benzene rings is 10. The monoisotopic (exact) mass is 942 g/mol. The van der Waals surface area contributed by atoms with Crippen molar-refractivity contribution >= 4 is 55.0 Å². The van der Waals surface area contributed by atoms with Gasteiger partial charge in [0.15, 0.2) is 28.8 Å². The van der Waals surface area contributed by atoms with Gasteiger partial charge in [-0.3, -0.25) is 0 Å². The van der Waals surface area contributed by atoms with Gasteiger partial charge in [0.05, 0.1) is 58.2 Å². The summed E-state index contributed by atoms with van der Waals surface area (Å²) in [6, 6.07) is 80.1. The van der Waals surface area contributed by atoms with Crippen LogP contribution in [0.5, 0.6) is 0 Å². The molecule has 8 heteroatoms. The zero-order chi connectivity index (χ0) is 49.7. The maximum atomic E-state index is 9.70. The second-order valence-electron chi connectivity index (χ2n) is 18.1. The third-order valence-corrected chi connectivity index (χ3v) is 13.9. The lowest BCUT2D eigenvalue weighted by Gasteiger charge is -2.18. The predicted octanol–water partition coefficient (Wildman–Crippen LogP) is 17.0. The smallest absolute Gasteiger partial charge is 0.187 e. The molecule has 342 valence electrons. The standard InChI is InChI=1S/C66H38N8/c1-68-50-32-26-44(27-33-50)48-30-36-56(62(39-48)73-58-18-7-3-14-52(58)53-15-4-8-19-59(53)73)65-70-64(46-24-22-43(23-25-46)47-13-11-12-42(38-47)41-67)71-66(72-65)57-37-31-49(45-28-34-51(69-2)35-29-45)40-63(57)74-60-20-9-5-16-54(60)55-17-6-10-21-61(55)74/h3-40H. The molecule has 3 heterocycles. The van der Waals surface area contributed by atoms with E-state index in [2.05, 4.69) is 158 Å². The number of hydrogen-bond donors (Lipinski definition) is 0. The lowest BCUT2D eigenvalue weighted by atomic mass is 10.00. The van der Waals surface area contributed by atoms with E-state index in [1.165, 1.54) is 0 Å². The molecule has 0 N–H and O–H groups in total. The van der Waals surface area contributed by atoms with Crippen molar-refractivity contribution in [1.29, 1.82) is 5.26 Å². The predicted molar refractivity (Wildman–Crippen MR) is 298 cm³/mol. The molecule has 0 spiro atoms. The molecule has 10 aromatic carbocycles. The SMILES string of the molecule is [C-]#[N+]c1ccc(-c2ccc(-c3nc(-c4ccc(-c5cccc(C#N)c5)cc4)nc(-c4ccc(-c5ccc([N+]#[C-])cc5)cc4-n4c5ccccc5c5ccccc54)n3)c(-n3c4ccccc4c4ccccc43)c2)cc1. The molecule has 0 atom stereocenters. The summed E-state index contributed by atoms with van der Waals surface area (Å²) in [7, 11) is 0. The summed E-state index contributed by atoms with van der Waals surface area (Å²) < 4.78 is 4.61. The lowest BCUT2D eigenvalue weighted by Crippen LogP contribution is -2.06. The van der Waals surface area contributed by atoms with E-state index in [-0.39, 0.29) is 0 Å². The van der Waals surface area contributed by atoms with Gasteiger partial charge in [-0.25, -0.2) is 24.6 Å². The first-order chi connectivity index (χ1) is 36.5. The van der Waals surface area contributed by atoms with E-state index in [1.54, 1.807) is 0 Å². The zero-order valence-corrected chi connectivity index (χ0v) is 39.5. The summed E-state index contributed by atoms with van der Waals surface area (Å²) in [5.74, 6) is 1.45. The average Bonchev–Trinajstić information content (AvgIpc) is 4.00. The molecular weight excluding hydrogens is 905 g/mol. The summed E-state index contributed by atoms with van der Waals surface area (Å²) in [6.07, 6.45) is 0. The molecule has 0 unspecified atom stereocenters. The highest BCUT2D eigenvalue weighted by Crippen LogP contribution is 2.42. The molecule has 0 fully saturated rings. The second-order valence-corrected chi connectivity index (χ2v) is 18.1. The molecule has 0 saturated carbocycles. The van der Waals surface area contributed by atoms with Crippen molar-refractivity contribution in [2.75, 3.05) is 0 Å². The molecule has 0 amide bonds. The summed E-state index contributed by atoms with van der Waals surface area (Å²) in [6.45, 7) is 15.2. The quantitative estimate of drug-likeness (QED) is 0.142. The van der Waals surface area contributed by atoms with E-state index in [4.69, 9.17) is 28.1 Å². The highest BCUT2D eigenvalue weighted by atomic mass is 15.1. The lowest BCUT2D eigenvalue weighted by molar-refractivity contribution is 1.06. The minimum atomic E-state index is 0.481. The molecule has 0 aliphatic carbocycles. The van der Waals surface area contributed by atoms with Crippen molar-refractivity contribution in [2.24, 2.45) is 0 Å². The zero-order valence-electron chi connectivity index (χ0n) is 39.5. The molecule has 0 aliphatic rings. The van der Waals surface area contributed by atoms with Crippen LogP contribution in [-0.2, 0) is 0 Å². The van der Waals surface area contributed by atoms with Crippen molar-refractivity contribution in [3.63, 3.8) is 0 Å². The Balaban J connectivity index is 1.10. The minimum absolute atomic E-state index is 0.481. The molecule has 13 rings (SSSR count). The van der Waals surface area contributed by atoms with Gasteiger partial charge in [0, 0.05) is 38.2 Å². The van der Waals surface area contributed by atoms with E-state index in [9.17, 15) is 5.26 Å². The Bertz CT molecular complexity index is 4160. The largest absolute Gasteiger partial charge is 0.308 e. The Kier molecular flexibility index (Phi) is 10.5. The molecule has 13 aromatic rings. The fraction of sp³-hybridized carbons (Fsp3) is 0. The van der Waals surface area contributed by atoms with E-state index in [1.807, 2.05) is 97.1 Å². The van der Waals surface area contributed by atoms with E-state index >= 15 is 0 Å². The Morgan fingerprint density at radius 1 is 0.338 bits per heavy atom. The first-order valence-electron chi connectivity index (χ1n) is 24.1. The maximum absolute atomic E-state index is 9.70. The van der Waals surface area contributed by atoms with Crippen LogP contribution in [0.4, 0.5) is 11.4 Å². The fourth-order valence-corrected chi connectivity index (χ4v) is 10.3. The van der Waals surface area contributed by atoms with Gasteiger partial charge in [0.25, 0.3) is 0 Å². The number of fused-ring (bicyclic) bond motifs is 6. The average molecular weight is 943 g/mol. The number of hydrogen-bond acceptors (Lipinski definition) is 4. The highest BCUT2D eigenvalue weighted by Gasteiger charge is 2.23. The van der Waals surface area contributed by atoms with Crippen LogP contribution in [-0.4, -0.2) is 24.1 Å². The van der Waals surface area contributed by atoms with Crippen LogP contribution in [0.25, 0.3) is 132 Å². The minimum Gasteiger partial charge on any atom is -0.308 e. The highest BCUT2D eigenvalue weighted by molar-refractivity contribution is 6.11. The van der Waals surface area contributed by atoms with Crippen molar-refractivity contribution in [1.82, 2.24) is 24.1 Å². The Morgan fingerprint density at radius 3 is 1.09 bits per heavy atom. The summed E-state index contributed by atoms with van der Waals surface area (Å²) >= 11 is 0. The van der Waals surface area contributed by atoms with E-state index < -0.39 is 0 Å². The molecule has 0 aliphatic heterocycles. The van der Waals surface area contributed by atoms with Crippen LogP contribution in [0.3, 0.4) is 0 Å². The molecule has 8 nitrogen and oxygen atoms in total. The second kappa shape index (κ2) is 17.9. The topological polar surface area (TPSA) is 81.0 Å². The summed E-state index contributed by atoms with van der Waals surface area (Å²) in [5, 5.41) is 14.2. The summed E-state index contributed by atoms with van der Waals surface area (Å²) in [5.41, 5.74) is 15.8. The van der Waals surface area contributed by atoms with Gasteiger partial charge < -0.3 is 9.13 Å². The number of para-hydroxylation sites is 4. The van der Waals surface area contributed by atoms with Gasteiger partial charge in [-0.2, -0.15) is 5.26 Å². The maximum Gasteiger partial charge on any atom is 0.187 e. The van der Waals surface area contributed by atoms with Gasteiger partial charge in [0.2, 0.25) is 0 Å². The molecule has 0 bridgehead atoms. The molecule has 74 heavy (non-hydrogen) atoms. The van der Waals surface area contributed by atoms with Crippen molar-refractivity contribution in [2.45, 2.75) is 0 Å². The van der Waals surface area contributed by atoms with E-state index in [0.717, 1.165) is 105 Å². The number of nitriles is 1. The van der Waals surface area contributed by atoms with Gasteiger partial charge in [-0.1, -0.05) is 170 Å². The molecular formula is C66H38N8. The normalized spacial score (nSPS) is 11.2. The van der Waals surface area contributed by atoms with Crippen molar-refractivity contribution in [3.8, 4) is 85.0 Å². The van der Waals surface area contributed by atoms with Crippen LogP contribution >= 0.6 is 0 Å².